The van der Waals surface area contributed by atoms with Crippen molar-refractivity contribution >= 4 is 23.7 Å². The van der Waals surface area contributed by atoms with Crippen LogP contribution in [0.1, 0.15) is 71.1 Å². The summed E-state index contributed by atoms with van der Waals surface area (Å²) in [6, 6.07) is 0.820. The minimum absolute atomic E-state index is 0.102. The van der Waals surface area contributed by atoms with Gasteiger partial charge in [0.15, 0.2) is 6.61 Å². The Balaban J connectivity index is 1.64. The highest BCUT2D eigenvalue weighted by atomic mass is 16.6. The van der Waals surface area contributed by atoms with Crippen molar-refractivity contribution in [3.8, 4) is 5.75 Å². The van der Waals surface area contributed by atoms with Crippen LogP contribution < -0.4 is 10.1 Å². The van der Waals surface area contributed by atoms with E-state index < -0.39 is 35.8 Å². The number of hydrogen-bond acceptors (Lipinski definition) is 8. The lowest BCUT2D eigenvalue weighted by molar-refractivity contribution is -0.145. The number of aromatic nitrogens is 1. The number of nitrogens with one attached hydrogen (secondary N) is 1. The largest absolute Gasteiger partial charge is 0.481 e. The van der Waals surface area contributed by atoms with Gasteiger partial charge >= 0.3 is 18.2 Å². The number of piperidine rings is 1. The van der Waals surface area contributed by atoms with Gasteiger partial charge in [-0.25, -0.2) is 14.4 Å². The summed E-state index contributed by atoms with van der Waals surface area (Å²) in [4.78, 5) is 41.9. The maximum absolute atomic E-state index is 12.4. The van der Waals surface area contributed by atoms with Crippen LogP contribution in [-0.2, 0) is 19.0 Å². The van der Waals surface area contributed by atoms with Crippen LogP contribution in [-0.4, -0.2) is 83.3 Å². The Hall–Kier alpha value is -3.34. The van der Waals surface area contributed by atoms with Gasteiger partial charge in [0.25, 0.3) is 0 Å². The van der Waals surface area contributed by atoms with Gasteiger partial charge in [-0.3, -0.25) is 4.98 Å². The van der Waals surface area contributed by atoms with Crippen molar-refractivity contribution in [2.75, 3.05) is 26.4 Å². The number of esters is 1. The SMILES string of the molecule is CCOC(=O)COc1ccnc(C)c1C1=CCC(OC[C@@H]2C(NC(=O)OC(C)(C)C)CCCN2C(=O)O)CC1. The molecule has 1 aliphatic heterocycles. The monoisotopic (exact) mass is 547 g/mol. The number of hydrogen-bond donors (Lipinski definition) is 2. The maximum atomic E-state index is 12.4. The number of carbonyl (C=O) groups excluding carboxylic acids is 2. The first kappa shape index (κ1) is 30.2. The minimum atomic E-state index is -1.03. The number of nitrogens with zero attached hydrogens (tertiary/aromatic N) is 2. The van der Waals surface area contributed by atoms with Gasteiger partial charge in [0.2, 0.25) is 0 Å². The molecule has 1 fully saturated rings. The van der Waals surface area contributed by atoms with E-state index >= 15 is 0 Å². The number of amides is 2. The molecule has 2 heterocycles. The molecule has 2 unspecified atom stereocenters. The van der Waals surface area contributed by atoms with Gasteiger partial charge in [-0.1, -0.05) is 6.08 Å². The highest BCUT2D eigenvalue weighted by Crippen LogP contribution is 2.35. The molecule has 2 aliphatic rings. The lowest BCUT2D eigenvalue weighted by atomic mass is 9.90. The second-order valence-corrected chi connectivity index (χ2v) is 10.8. The molecule has 3 rings (SSSR count). The highest BCUT2D eigenvalue weighted by molar-refractivity contribution is 5.74. The van der Waals surface area contributed by atoms with Gasteiger partial charge in [-0.2, -0.15) is 0 Å². The Labute approximate surface area is 229 Å². The van der Waals surface area contributed by atoms with Crippen LogP contribution >= 0.6 is 0 Å². The Morgan fingerprint density at radius 3 is 2.64 bits per heavy atom. The van der Waals surface area contributed by atoms with E-state index in [2.05, 4.69) is 16.4 Å². The first-order valence-corrected chi connectivity index (χ1v) is 13.5. The van der Waals surface area contributed by atoms with Gasteiger partial charge in [0.1, 0.15) is 11.4 Å². The second-order valence-electron chi connectivity index (χ2n) is 10.8. The van der Waals surface area contributed by atoms with E-state index in [4.69, 9.17) is 18.9 Å². The molecule has 1 aromatic rings. The Morgan fingerprint density at radius 2 is 2.00 bits per heavy atom. The van der Waals surface area contributed by atoms with E-state index in [1.807, 2.05) is 6.92 Å². The minimum Gasteiger partial charge on any atom is -0.481 e. The van der Waals surface area contributed by atoms with Crippen molar-refractivity contribution in [2.24, 2.45) is 0 Å². The van der Waals surface area contributed by atoms with Crippen LogP contribution in [0.2, 0.25) is 0 Å². The van der Waals surface area contributed by atoms with Gasteiger partial charge in [0, 0.05) is 24.0 Å². The number of carbonyl (C=O) groups is 3. The predicted molar refractivity (Wildman–Crippen MR) is 144 cm³/mol. The number of likely N-dealkylation sites (tertiary alicyclic amines) is 1. The van der Waals surface area contributed by atoms with Gasteiger partial charge < -0.3 is 34.3 Å². The first-order valence-electron chi connectivity index (χ1n) is 13.5. The van der Waals surface area contributed by atoms with Crippen molar-refractivity contribution in [3.63, 3.8) is 0 Å². The molecule has 0 bridgehead atoms. The summed E-state index contributed by atoms with van der Waals surface area (Å²) < 4.78 is 22.3. The molecule has 1 aliphatic carbocycles. The summed E-state index contributed by atoms with van der Waals surface area (Å²) >= 11 is 0. The molecule has 0 spiro atoms. The van der Waals surface area contributed by atoms with Crippen molar-refractivity contribution in [3.05, 3.63) is 29.6 Å². The number of alkyl carbamates (subject to hydrolysis) is 1. The summed E-state index contributed by atoms with van der Waals surface area (Å²) in [5.74, 6) is 0.151. The van der Waals surface area contributed by atoms with Gasteiger partial charge in [-0.15, -0.1) is 0 Å². The Morgan fingerprint density at radius 1 is 1.23 bits per heavy atom. The summed E-state index contributed by atoms with van der Waals surface area (Å²) in [7, 11) is 0. The van der Waals surface area contributed by atoms with E-state index in [0.717, 1.165) is 23.3 Å². The fraction of sp³-hybridized carbons (Fsp3) is 0.643. The zero-order valence-electron chi connectivity index (χ0n) is 23.5. The molecule has 2 amide bonds. The molecule has 3 atom stereocenters. The molecular formula is C28H41N3O8. The Kier molecular flexibility index (Phi) is 10.6. The molecule has 0 aromatic carbocycles. The average molecular weight is 548 g/mol. The number of allylic oxidation sites excluding steroid dienone is 1. The van der Waals surface area contributed by atoms with E-state index in [0.29, 0.717) is 44.6 Å². The third-order valence-corrected chi connectivity index (χ3v) is 6.67. The summed E-state index contributed by atoms with van der Waals surface area (Å²) in [6.07, 6.45) is 5.37. The molecule has 39 heavy (non-hydrogen) atoms. The predicted octanol–water partition coefficient (Wildman–Crippen LogP) is 4.32. The average Bonchev–Trinajstić information content (AvgIpc) is 2.86. The fourth-order valence-electron chi connectivity index (χ4n) is 4.94. The van der Waals surface area contributed by atoms with Gasteiger partial charge in [-0.05, 0) is 78.4 Å². The van der Waals surface area contributed by atoms with Crippen molar-refractivity contribution in [1.82, 2.24) is 15.2 Å². The second kappa shape index (κ2) is 13.6. The third kappa shape index (κ3) is 8.84. The van der Waals surface area contributed by atoms with E-state index in [9.17, 15) is 19.5 Å². The zero-order chi connectivity index (χ0) is 28.6. The molecule has 1 saturated heterocycles. The van der Waals surface area contributed by atoms with E-state index in [1.54, 1.807) is 40.0 Å². The molecule has 11 heteroatoms. The molecule has 216 valence electrons. The lowest BCUT2D eigenvalue weighted by Gasteiger charge is -2.40. The van der Waals surface area contributed by atoms with Crippen LogP contribution in [0.5, 0.6) is 5.75 Å². The summed E-state index contributed by atoms with van der Waals surface area (Å²) in [5, 5.41) is 12.6. The first-order chi connectivity index (χ1) is 18.5. The zero-order valence-corrected chi connectivity index (χ0v) is 23.5. The van der Waals surface area contributed by atoms with Crippen LogP contribution in [0.4, 0.5) is 9.59 Å². The number of rotatable bonds is 9. The summed E-state index contributed by atoms with van der Waals surface area (Å²) in [5.41, 5.74) is 2.08. The quantitative estimate of drug-likeness (QED) is 0.433. The van der Waals surface area contributed by atoms with Crippen LogP contribution in [0.15, 0.2) is 18.3 Å². The third-order valence-electron chi connectivity index (χ3n) is 6.67. The van der Waals surface area contributed by atoms with E-state index in [-0.39, 0.29) is 19.3 Å². The van der Waals surface area contributed by atoms with Crippen molar-refractivity contribution in [2.45, 2.75) is 90.5 Å². The Bertz CT molecular complexity index is 1050. The van der Waals surface area contributed by atoms with Crippen LogP contribution in [0.3, 0.4) is 0 Å². The summed E-state index contributed by atoms with van der Waals surface area (Å²) in [6.45, 7) is 9.66. The number of aryl methyl sites for hydroxylation is 1. The lowest BCUT2D eigenvalue weighted by Crippen LogP contribution is -2.59. The molecule has 2 N–H and O–H groups in total. The molecule has 0 saturated carbocycles. The molecular weight excluding hydrogens is 506 g/mol. The molecule has 0 radical (unpaired) electrons. The highest BCUT2D eigenvalue weighted by Gasteiger charge is 2.37. The normalized spacial score (nSPS) is 21.5. The standard InChI is InChI=1S/C28H41N3O8/c1-6-36-24(32)17-38-23-13-14-29-18(2)25(23)19-9-11-20(12-10-19)37-16-22-21(8-7-15-31(22)27(34)35)30-26(33)39-28(3,4)5/h9,13-14,20-22H,6-8,10-12,15-17H2,1-5H3,(H,30,33)(H,34,35)/t20?,21?,22-/m1/s1. The number of pyridine rings is 1. The van der Waals surface area contributed by atoms with Crippen molar-refractivity contribution < 1.29 is 38.4 Å². The molecule has 1 aromatic heterocycles. The molecule has 11 nitrogen and oxygen atoms in total. The number of ether oxygens (including phenoxy) is 4. The maximum Gasteiger partial charge on any atom is 0.407 e. The van der Waals surface area contributed by atoms with Crippen molar-refractivity contribution in [1.29, 1.82) is 0 Å². The fourth-order valence-corrected chi connectivity index (χ4v) is 4.94. The smallest absolute Gasteiger partial charge is 0.407 e. The van der Waals surface area contributed by atoms with Crippen LogP contribution in [0, 0.1) is 6.92 Å². The van der Waals surface area contributed by atoms with Gasteiger partial charge in [0.05, 0.1) is 31.4 Å². The number of carboxylic acid groups (broad SMARTS) is 1. The topological polar surface area (TPSA) is 137 Å². The van der Waals surface area contributed by atoms with E-state index in [1.165, 1.54) is 4.90 Å². The van der Waals surface area contributed by atoms with Crippen LogP contribution in [0.25, 0.3) is 5.57 Å².